The van der Waals surface area contributed by atoms with E-state index in [1.54, 1.807) is 0 Å². The standard InChI is InChI=1S/C11H21NO3/c1-9(5-6-11(14)15)12(7-8-13)10-3-2-4-10/h9-10,13H,2-8H2,1H3,(H,14,15). The van der Waals surface area contributed by atoms with Crippen LogP contribution in [0.25, 0.3) is 0 Å². The van der Waals surface area contributed by atoms with Crippen molar-refractivity contribution < 1.29 is 15.0 Å². The van der Waals surface area contributed by atoms with Crippen molar-refractivity contribution in [2.24, 2.45) is 0 Å². The fourth-order valence-electron chi connectivity index (χ4n) is 2.09. The van der Waals surface area contributed by atoms with Crippen LogP contribution in [-0.4, -0.2) is 46.3 Å². The minimum Gasteiger partial charge on any atom is -0.481 e. The first kappa shape index (κ1) is 12.5. The molecule has 0 spiro atoms. The van der Waals surface area contributed by atoms with E-state index in [0.29, 0.717) is 19.0 Å². The number of aliphatic hydroxyl groups excluding tert-OH is 1. The van der Waals surface area contributed by atoms with Crippen molar-refractivity contribution in [3.63, 3.8) is 0 Å². The lowest BCUT2D eigenvalue weighted by molar-refractivity contribution is -0.137. The van der Waals surface area contributed by atoms with E-state index in [4.69, 9.17) is 10.2 Å². The van der Waals surface area contributed by atoms with E-state index in [1.807, 2.05) is 0 Å². The van der Waals surface area contributed by atoms with Crippen molar-refractivity contribution in [1.82, 2.24) is 4.90 Å². The van der Waals surface area contributed by atoms with Gasteiger partial charge in [0.15, 0.2) is 0 Å². The highest BCUT2D eigenvalue weighted by atomic mass is 16.4. The third-order valence-electron chi connectivity index (χ3n) is 3.24. The van der Waals surface area contributed by atoms with Crippen LogP contribution >= 0.6 is 0 Å². The molecular formula is C11H21NO3. The summed E-state index contributed by atoms with van der Waals surface area (Å²) in [4.78, 5) is 12.7. The summed E-state index contributed by atoms with van der Waals surface area (Å²) in [6.07, 6.45) is 4.54. The van der Waals surface area contributed by atoms with E-state index in [2.05, 4.69) is 11.8 Å². The van der Waals surface area contributed by atoms with Gasteiger partial charge in [-0.25, -0.2) is 0 Å². The van der Waals surface area contributed by atoms with Gasteiger partial charge in [-0.15, -0.1) is 0 Å². The molecular weight excluding hydrogens is 194 g/mol. The van der Waals surface area contributed by atoms with E-state index in [1.165, 1.54) is 19.3 Å². The molecule has 0 heterocycles. The number of carboxylic acid groups (broad SMARTS) is 1. The Morgan fingerprint density at radius 3 is 2.60 bits per heavy atom. The molecule has 1 rings (SSSR count). The van der Waals surface area contributed by atoms with Gasteiger partial charge < -0.3 is 10.2 Å². The quantitative estimate of drug-likeness (QED) is 0.667. The Bertz CT molecular complexity index is 204. The van der Waals surface area contributed by atoms with Gasteiger partial charge in [0, 0.05) is 25.0 Å². The Labute approximate surface area is 90.9 Å². The van der Waals surface area contributed by atoms with Gasteiger partial charge in [-0.05, 0) is 26.2 Å². The molecule has 0 aliphatic heterocycles. The van der Waals surface area contributed by atoms with Gasteiger partial charge >= 0.3 is 5.97 Å². The Hall–Kier alpha value is -0.610. The Kier molecular flexibility index (Phi) is 5.05. The lowest BCUT2D eigenvalue weighted by Gasteiger charge is -2.41. The van der Waals surface area contributed by atoms with Crippen LogP contribution in [0, 0.1) is 0 Å². The Balaban J connectivity index is 2.35. The normalized spacial score (nSPS) is 18.9. The number of aliphatic hydroxyl groups is 1. The first-order chi connectivity index (χ1) is 7.15. The molecule has 88 valence electrons. The van der Waals surface area contributed by atoms with Crippen molar-refractivity contribution in [3.8, 4) is 0 Å². The van der Waals surface area contributed by atoms with Crippen LogP contribution in [0.1, 0.15) is 39.0 Å². The summed E-state index contributed by atoms with van der Waals surface area (Å²) in [6.45, 7) is 2.89. The molecule has 1 aliphatic carbocycles. The van der Waals surface area contributed by atoms with Gasteiger partial charge in [-0.3, -0.25) is 9.69 Å². The van der Waals surface area contributed by atoms with Crippen LogP contribution in [0.3, 0.4) is 0 Å². The smallest absolute Gasteiger partial charge is 0.303 e. The molecule has 0 radical (unpaired) electrons. The van der Waals surface area contributed by atoms with Crippen LogP contribution < -0.4 is 0 Å². The van der Waals surface area contributed by atoms with Crippen LogP contribution in [-0.2, 0) is 4.79 Å². The minimum absolute atomic E-state index is 0.161. The monoisotopic (exact) mass is 215 g/mol. The maximum atomic E-state index is 10.5. The maximum absolute atomic E-state index is 10.5. The fraction of sp³-hybridized carbons (Fsp3) is 0.909. The third-order valence-corrected chi connectivity index (χ3v) is 3.24. The molecule has 0 bridgehead atoms. The van der Waals surface area contributed by atoms with Gasteiger partial charge in [0.2, 0.25) is 0 Å². The molecule has 2 N–H and O–H groups in total. The fourth-order valence-corrected chi connectivity index (χ4v) is 2.09. The summed E-state index contributed by atoms with van der Waals surface area (Å²) in [7, 11) is 0. The van der Waals surface area contributed by atoms with Gasteiger partial charge in [0.05, 0.1) is 6.61 Å². The second kappa shape index (κ2) is 6.08. The largest absolute Gasteiger partial charge is 0.481 e. The van der Waals surface area contributed by atoms with E-state index in [0.717, 1.165) is 0 Å². The number of carboxylic acids is 1. The van der Waals surface area contributed by atoms with E-state index in [9.17, 15) is 4.79 Å². The van der Waals surface area contributed by atoms with Gasteiger partial charge in [0.1, 0.15) is 0 Å². The summed E-state index contributed by atoms with van der Waals surface area (Å²) in [5.41, 5.74) is 0. The number of rotatable bonds is 7. The van der Waals surface area contributed by atoms with Crippen LogP contribution in [0.2, 0.25) is 0 Å². The second-order valence-corrected chi connectivity index (χ2v) is 4.33. The summed E-state index contributed by atoms with van der Waals surface area (Å²) in [5, 5.41) is 17.6. The predicted octanol–water partition coefficient (Wildman–Crippen LogP) is 1.09. The molecule has 1 atom stereocenters. The number of nitrogens with zero attached hydrogens (tertiary/aromatic N) is 1. The van der Waals surface area contributed by atoms with Crippen molar-refractivity contribution in [2.75, 3.05) is 13.2 Å². The van der Waals surface area contributed by atoms with Crippen molar-refractivity contribution >= 4 is 5.97 Å². The Morgan fingerprint density at radius 1 is 1.53 bits per heavy atom. The van der Waals surface area contributed by atoms with Crippen LogP contribution in [0.4, 0.5) is 0 Å². The highest BCUT2D eigenvalue weighted by molar-refractivity contribution is 5.66. The van der Waals surface area contributed by atoms with Crippen molar-refractivity contribution in [1.29, 1.82) is 0 Å². The molecule has 4 heteroatoms. The highest BCUT2D eigenvalue weighted by Crippen LogP contribution is 2.27. The lowest BCUT2D eigenvalue weighted by Crippen LogP contribution is -2.47. The van der Waals surface area contributed by atoms with E-state index >= 15 is 0 Å². The van der Waals surface area contributed by atoms with Gasteiger partial charge in [-0.2, -0.15) is 0 Å². The average Bonchev–Trinajstić information content (AvgIpc) is 2.10. The van der Waals surface area contributed by atoms with E-state index < -0.39 is 5.97 Å². The molecule has 0 aromatic carbocycles. The Morgan fingerprint density at radius 2 is 2.20 bits per heavy atom. The summed E-state index contributed by atoms with van der Waals surface area (Å²) >= 11 is 0. The molecule has 0 amide bonds. The maximum Gasteiger partial charge on any atom is 0.303 e. The molecule has 1 aliphatic rings. The zero-order valence-electron chi connectivity index (χ0n) is 9.35. The number of aliphatic carboxylic acids is 1. The lowest BCUT2D eigenvalue weighted by atomic mass is 9.90. The molecule has 4 nitrogen and oxygen atoms in total. The predicted molar refractivity (Wildman–Crippen MR) is 57.8 cm³/mol. The minimum atomic E-state index is -0.737. The SMILES string of the molecule is CC(CCC(=O)O)N(CCO)C1CCC1. The van der Waals surface area contributed by atoms with Crippen LogP contribution in [0.15, 0.2) is 0 Å². The molecule has 0 saturated heterocycles. The second-order valence-electron chi connectivity index (χ2n) is 4.33. The molecule has 0 aromatic heterocycles. The van der Waals surface area contributed by atoms with Gasteiger partial charge in [-0.1, -0.05) is 6.42 Å². The van der Waals surface area contributed by atoms with E-state index in [-0.39, 0.29) is 19.1 Å². The topological polar surface area (TPSA) is 60.8 Å². The highest BCUT2D eigenvalue weighted by Gasteiger charge is 2.27. The van der Waals surface area contributed by atoms with Crippen molar-refractivity contribution in [2.45, 2.75) is 51.1 Å². The molecule has 15 heavy (non-hydrogen) atoms. The van der Waals surface area contributed by atoms with Crippen LogP contribution in [0.5, 0.6) is 0 Å². The average molecular weight is 215 g/mol. The molecule has 1 unspecified atom stereocenters. The summed E-state index contributed by atoms with van der Waals surface area (Å²) in [5.74, 6) is -0.737. The first-order valence-electron chi connectivity index (χ1n) is 5.73. The number of carbonyl (C=O) groups is 1. The summed E-state index contributed by atoms with van der Waals surface area (Å²) in [6, 6.07) is 0.833. The molecule has 1 fully saturated rings. The molecule has 0 aromatic rings. The zero-order chi connectivity index (χ0) is 11.3. The summed E-state index contributed by atoms with van der Waals surface area (Å²) < 4.78 is 0. The van der Waals surface area contributed by atoms with Crippen molar-refractivity contribution in [3.05, 3.63) is 0 Å². The van der Waals surface area contributed by atoms with Gasteiger partial charge in [0.25, 0.3) is 0 Å². The number of hydrogen-bond acceptors (Lipinski definition) is 3. The number of hydrogen-bond donors (Lipinski definition) is 2. The third kappa shape index (κ3) is 3.80. The molecule has 1 saturated carbocycles. The first-order valence-corrected chi connectivity index (χ1v) is 5.73. The zero-order valence-corrected chi connectivity index (χ0v) is 9.35.